The molecule has 0 aromatic carbocycles. The average Bonchev–Trinajstić information content (AvgIpc) is 3.13. The third kappa shape index (κ3) is 7.36. The topological polar surface area (TPSA) is 38.8 Å². The summed E-state index contributed by atoms with van der Waals surface area (Å²) < 4.78 is 10.6. The van der Waals surface area contributed by atoms with Gasteiger partial charge in [0.15, 0.2) is 0 Å². The molecule has 1 aliphatic heterocycles. The van der Waals surface area contributed by atoms with Crippen LogP contribution in [0.2, 0.25) is 0 Å². The molecule has 19 heavy (non-hydrogen) atoms. The first-order chi connectivity index (χ1) is 9.15. The molecule has 2 atom stereocenters. The summed E-state index contributed by atoms with van der Waals surface area (Å²) in [6.45, 7) is 7.83. The molecular formula is C16H28O3. The van der Waals surface area contributed by atoms with Gasteiger partial charge in [-0.25, -0.2) is 4.79 Å². The summed E-state index contributed by atoms with van der Waals surface area (Å²) in [5.41, 5.74) is 0.448. The number of epoxide rings is 1. The van der Waals surface area contributed by atoms with E-state index in [4.69, 9.17) is 9.47 Å². The van der Waals surface area contributed by atoms with Gasteiger partial charge >= 0.3 is 5.97 Å². The molecule has 1 fully saturated rings. The van der Waals surface area contributed by atoms with E-state index in [0.29, 0.717) is 18.3 Å². The van der Waals surface area contributed by atoms with E-state index in [0.717, 1.165) is 6.42 Å². The lowest BCUT2D eigenvalue weighted by molar-refractivity contribution is -0.139. The van der Waals surface area contributed by atoms with Gasteiger partial charge in [-0.15, -0.1) is 0 Å². The molecule has 1 saturated heterocycles. The number of esters is 1. The molecule has 0 spiro atoms. The van der Waals surface area contributed by atoms with Crippen LogP contribution in [0.4, 0.5) is 0 Å². The Balaban J connectivity index is 1.88. The summed E-state index contributed by atoms with van der Waals surface area (Å²) in [4.78, 5) is 11.2. The first-order valence-corrected chi connectivity index (χ1v) is 7.63. The molecule has 0 N–H and O–H groups in total. The highest BCUT2D eigenvalue weighted by atomic mass is 16.6. The molecule has 0 aromatic heterocycles. The zero-order valence-electron chi connectivity index (χ0n) is 12.5. The summed E-state index contributed by atoms with van der Waals surface area (Å²) in [7, 11) is 0. The van der Waals surface area contributed by atoms with Gasteiger partial charge in [-0.05, 0) is 13.3 Å². The predicted molar refractivity (Wildman–Crippen MR) is 77.0 cm³/mol. The lowest BCUT2D eigenvalue weighted by atomic mass is 10.1. The monoisotopic (exact) mass is 268 g/mol. The molecular weight excluding hydrogens is 240 g/mol. The SMILES string of the molecule is C=C(C)C(=O)OCC1OC1CCCCCCCCC. The largest absolute Gasteiger partial charge is 0.459 e. The van der Waals surface area contributed by atoms with Crippen molar-refractivity contribution >= 4 is 5.97 Å². The maximum atomic E-state index is 11.2. The van der Waals surface area contributed by atoms with Crippen LogP contribution in [0.5, 0.6) is 0 Å². The Labute approximate surface area is 117 Å². The van der Waals surface area contributed by atoms with Crippen molar-refractivity contribution in [3.63, 3.8) is 0 Å². The highest BCUT2D eigenvalue weighted by molar-refractivity contribution is 5.86. The minimum absolute atomic E-state index is 0.128. The van der Waals surface area contributed by atoms with Crippen LogP contribution < -0.4 is 0 Å². The van der Waals surface area contributed by atoms with Gasteiger partial charge in [-0.2, -0.15) is 0 Å². The fourth-order valence-corrected chi connectivity index (χ4v) is 2.16. The summed E-state index contributed by atoms with van der Waals surface area (Å²) in [5, 5.41) is 0. The van der Waals surface area contributed by atoms with Gasteiger partial charge in [0.1, 0.15) is 12.7 Å². The number of hydrogen-bond acceptors (Lipinski definition) is 3. The van der Waals surface area contributed by atoms with Crippen molar-refractivity contribution in [2.45, 2.75) is 77.4 Å². The standard InChI is InChI=1S/C16H28O3/c1-4-5-6-7-8-9-10-11-14-15(19-14)12-18-16(17)13(2)3/h14-15H,2,4-12H2,1,3H3. The van der Waals surface area contributed by atoms with Gasteiger partial charge in [-0.1, -0.05) is 58.4 Å². The summed E-state index contributed by atoms with van der Waals surface area (Å²) in [5.74, 6) is -0.315. The predicted octanol–water partition coefficient (Wildman–Crippen LogP) is 4.01. The zero-order chi connectivity index (χ0) is 14.1. The Morgan fingerprint density at radius 1 is 1.11 bits per heavy atom. The van der Waals surface area contributed by atoms with E-state index in [-0.39, 0.29) is 12.1 Å². The van der Waals surface area contributed by atoms with Crippen LogP contribution in [-0.4, -0.2) is 24.8 Å². The molecule has 0 aliphatic carbocycles. The van der Waals surface area contributed by atoms with E-state index in [1.54, 1.807) is 6.92 Å². The minimum atomic E-state index is -0.315. The molecule has 2 unspecified atom stereocenters. The molecule has 0 aromatic rings. The lowest BCUT2D eigenvalue weighted by Gasteiger charge is -2.01. The van der Waals surface area contributed by atoms with Gasteiger partial charge in [0.2, 0.25) is 0 Å². The van der Waals surface area contributed by atoms with E-state index >= 15 is 0 Å². The molecule has 0 radical (unpaired) electrons. The number of unbranched alkanes of at least 4 members (excludes halogenated alkanes) is 6. The number of carbonyl (C=O) groups is 1. The molecule has 3 nitrogen and oxygen atoms in total. The Bertz CT molecular complexity index is 286. The number of ether oxygens (including phenoxy) is 2. The Morgan fingerprint density at radius 3 is 2.37 bits per heavy atom. The molecule has 1 aliphatic rings. The van der Waals surface area contributed by atoms with Crippen LogP contribution in [0.3, 0.4) is 0 Å². The van der Waals surface area contributed by atoms with E-state index in [1.807, 2.05) is 0 Å². The van der Waals surface area contributed by atoms with Gasteiger partial charge in [0, 0.05) is 5.57 Å². The number of rotatable bonds is 11. The van der Waals surface area contributed by atoms with Crippen LogP contribution in [0.1, 0.15) is 65.2 Å². The van der Waals surface area contributed by atoms with Crippen LogP contribution in [0.25, 0.3) is 0 Å². The fraction of sp³-hybridized carbons (Fsp3) is 0.812. The smallest absolute Gasteiger partial charge is 0.333 e. The van der Waals surface area contributed by atoms with Gasteiger partial charge < -0.3 is 9.47 Å². The average molecular weight is 268 g/mol. The third-order valence-corrected chi connectivity index (χ3v) is 3.51. The molecule has 110 valence electrons. The van der Waals surface area contributed by atoms with Crippen LogP contribution >= 0.6 is 0 Å². The van der Waals surface area contributed by atoms with E-state index in [9.17, 15) is 4.79 Å². The van der Waals surface area contributed by atoms with Crippen LogP contribution in [0, 0.1) is 0 Å². The second-order valence-electron chi connectivity index (χ2n) is 5.50. The van der Waals surface area contributed by atoms with Crippen molar-refractivity contribution in [2.75, 3.05) is 6.61 Å². The fourth-order valence-electron chi connectivity index (χ4n) is 2.16. The number of carbonyl (C=O) groups excluding carboxylic acids is 1. The molecule has 1 heterocycles. The minimum Gasteiger partial charge on any atom is -0.459 e. The Hall–Kier alpha value is -0.830. The quantitative estimate of drug-likeness (QED) is 0.246. The number of hydrogen-bond donors (Lipinski definition) is 0. The van der Waals surface area contributed by atoms with Gasteiger partial charge in [-0.3, -0.25) is 0 Å². The van der Waals surface area contributed by atoms with Gasteiger partial charge in [0.05, 0.1) is 6.10 Å². The second-order valence-corrected chi connectivity index (χ2v) is 5.50. The molecule has 0 amide bonds. The maximum Gasteiger partial charge on any atom is 0.333 e. The first kappa shape index (κ1) is 16.2. The highest BCUT2D eigenvalue weighted by Gasteiger charge is 2.38. The highest BCUT2D eigenvalue weighted by Crippen LogP contribution is 2.28. The van der Waals surface area contributed by atoms with Crippen molar-refractivity contribution < 1.29 is 14.3 Å². The van der Waals surface area contributed by atoms with Gasteiger partial charge in [0.25, 0.3) is 0 Å². The maximum absolute atomic E-state index is 11.2. The molecule has 0 saturated carbocycles. The van der Waals surface area contributed by atoms with E-state index in [2.05, 4.69) is 13.5 Å². The molecule has 3 heteroatoms. The lowest BCUT2D eigenvalue weighted by Crippen LogP contribution is -2.11. The molecule has 1 rings (SSSR count). The Morgan fingerprint density at radius 2 is 1.74 bits per heavy atom. The normalized spacial score (nSPS) is 21.2. The third-order valence-electron chi connectivity index (χ3n) is 3.51. The van der Waals surface area contributed by atoms with Crippen molar-refractivity contribution in [3.8, 4) is 0 Å². The van der Waals surface area contributed by atoms with Crippen LogP contribution in [-0.2, 0) is 14.3 Å². The molecule has 0 bridgehead atoms. The Kier molecular flexibility index (Phi) is 7.80. The first-order valence-electron chi connectivity index (χ1n) is 7.63. The van der Waals surface area contributed by atoms with Crippen molar-refractivity contribution in [3.05, 3.63) is 12.2 Å². The zero-order valence-corrected chi connectivity index (χ0v) is 12.5. The second kappa shape index (κ2) is 9.13. The summed E-state index contributed by atoms with van der Waals surface area (Å²) >= 11 is 0. The summed E-state index contributed by atoms with van der Waals surface area (Å²) in [6.07, 6.45) is 10.8. The van der Waals surface area contributed by atoms with E-state index < -0.39 is 0 Å². The van der Waals surface area contributed by atoms with E-state index in [1.165, 1.54) is 44.9 Å². The van der Waals surface area contributed by atoms with Crippen LogP contribution in [0.15, 0.2) is 12.2 Å². The van der Waals surface area contributed by atoms with Crippen molar-refractivity contribution in [1.82, 2.24) is 0 Å². The van der Waals surface area contributed by atoms with Crippen molar-refractivity contribution in [1.29, 1.82) is 0 Å². The van der Waals surface area contributed by atoms with Crippen molar-refractivity contribution in [2.24, 2.45) is 0 Å². The summed E-state index contributed by atoms with van der Waals surface area (Å²) in [6, 6.07) is 0.